The van der Waals surface area contributed by atoms with Crippen molar-refractivity contribution in [3.63, 3.8) is 0 Å². The Morgan fingerprint density at radius 1 is 1.53 bits per heavy atom. The first-order chi connectivity index (χ1) is 8.19. The van der Waals surface area contributed by atoms with E-state index in [9.17, 15) is 0 Å². The van der Waals surface area contributed by atoms with E-state index in [1.54, 1.807) is 4.68 Å². The fourth-order valence-electron chi connectivity index (χ4n) is 2.18. The minimum Gasteiger partial charge on any atom is -0.475 e. The van der Waals surface area contributed by atoms with Gasteiger partial charge in [0.1, 0.15) is 6.61 Å². The number of aromatic nitrogens is 2. The monoisotopic (exact) mass is 239 g/mol. The van der Waals surface area contributed by atoms with Gasteiger partial charge in [-0.05, 0) is 26.8 Å². The van der Waals surface area contributed by atoms with Gasteiger partial charge in [-0.1, -0.05) is 0 Å². The molecule has 1 aliphatic rings. The third kappa shape index (κ3) is 3.20. The molecule has 1 N–H and O–H groups in total. The van der Waals surface area contributed by atoms with E-state index in [4.69, 9.17) is 9.47 Å². The molecule has 17 heavy (non-hydrogen) atoms. The van der Waals surface area contributed by atoms with Gasteiger partial charge in [-0.3, -0.25) is 0 Å². The van der Waals surface area contributed by atoms with Crippen LogP contribution in [0.5, 0.6) is 5.88 Å². The quantitative estimate of drug-likeness (QED) is 0.828. The summed E-state index contributed by atoms with van der Waals surface area (Å²) in [5.74, 6) is 0.808. The lowest BCUT2D eigenvalue weighted by molar-refractivity contribution is 0.0175. The lowest BCUT2D eigenvalue weighted by Gasteiger charge is -2.14. The van der Waals surface area contributed by atoms with Crippen LogP contribution in [0.15, 0.2) is 6.07 Å². The molecule has 5 heteroatoms. The van der Waals surface area contributed by atoms with E-state index in [-0.39, 0.29) is 6.10 Å². The van der Waals surface area contributed by atoms with Crippen molar-refractivity contribution in [3.8, 4) is 5.88 Å². The standard InChI is InChI=1S/C12H21N3O2/c1-9-6-12(15(3)14-9)16-8-11-5-4-10(17-11)7-13-2/h6,10-11,13H,4-5,7-8H2,1-3H3. The zero-order valence-corrected chi connectivity index (χ0v) is 10.8. The van der Waals surface area contributed by atoms with Gasteiger partial charge in [0.25, 0.3) is 0 Å². The Hall–Kier alpha value is -1.07. The van der Waals surface area contributed by atoms with Gasteiger partial charge < -0.3 is 14.8 Å². The molecule has 0 bridgehead atoms. The van der Waals surface area contributed by atoms with Crippen molar-refractivity contribution in [2.45, 2.75) is 32.0 Å². The molecule has 0 saturated carbocycles. The van der Waals surface area contributed by atoms with Crippen LogP contribution in [-0.4, -0.2) is 42.2 Å². The average Bonchev–Trinajstić information content (AvgIpc) is 2.83. The molecule has 0 radical (unpaired) electrons. The van der Waals surface area contributed by atoms with Crippen molar-refractivity contribution < 1.29 is 9.47 Å². The molecule has 1 aromatic heterocycles. The summed E-state index contributed by atoms with van der Waals surface area (Å²) in [6, 6.07) is 1.94. The minimum atomic E-state index is 0.212. The Labute approximate surface area is 102 Å². The van der Waals surface area contributed by atoms with Crippen molar-refractivity contribution in [1.82, 2.24) is 15.1 Å². The van der Waals surface area contributed by atoms with E-state index in [0.29, 0.717) is 12.7 Å². The van der Waals surface area contributed by atoms with Gasteiger partial charge in [-0.25, -0.2) is 4.68 Å². The molecule has 0 aromatic carbocycles. The number of hydrogen-bond acceptors (Lipinski definition) is 4. The van der Waals surface area contributed by atoms with Crippen molar-refractivity contribution in [2.24, 2.45) is 7.05 Å². The molecular weight excluding hydrogens is 218 g/mol. The van der Waals surface area contributed by atoms with Crippen LogP contribution in [0.1, 0.15) is 18.5 Å². The van der Waals surface area contributed by atoms with Gasteiger partial charge in [-0.2, -0.15) is 5.10 Å². The molecular formula is C12H21N3O2. The zero-order chi connectivity index (χ0) is 12.3. The molecule has 1 fully saturated rings. The van der Waals surface area contributed by atoms with Crippen molar-refractivity contribution >= 4 is 0 Å². The van der Waals surface area contributed by atoms with E-state index >= 15 is 0 Å². The normalized spacial score (nSPS) is 24.2. The number of aryl methyl sites for hydroxylation is 2. The molecule has 2 heterocycles. The number of rotatable bonds is 5. The van der Waals surface area contributed by atoms with Crippen molar-refractivity contribution in [3.05, 3.63) is 11.8 Å². The van der Waals surface area contributed by atoms with Crippen molar-refractivity contribution in [2.75, 3.05) is 20.2 Å². The van der Waals surface area contributed by atoms with Crippen LogP contribution < -0.4 is 10.1 Å². The number of nitrogens with one attached hydrogen (secondary N) is 1. The highest BCUT2D eigenvalue weighted by Crippen LogP contribution is 2.20. The first kappa shape index (κ1) is 12.4. The molecule has 5 nitrogen and oxygen atoms in total. The summed E-state index contributed by atoms with van der Waals surface area (Å²) < 4.78 is 13.3. The van der Waals surface area contributed by atoms with Crippen LogP contribution in [0, 0.1) is 6.92 Å². The highest BCUT2D eigenvalue weighted by molar-refractivity contribution is 5.14. The van der Waals surface area contributed by atoms with Gasteiger partial charge >= 0.3 is 0 Å². The van der Waals surface area contributed by atoms with Crippen LogP contribution in [-0.2, 0) is 11.8 Å². The minimum absolute atomic E-state index is 0.212. The van der Waals surface area contributed by atoms with Crippen LogP contribution in [0.4, 0.5) is 0 Å². The van der Waals surface area contributed by atoms with Gasteiger partial charge in [0, 0.05) is 19.7 Å². The van der Waals surface area contributed by atoms with Crippen LogP contribution in [0.25, 0.3) is 0 Å². The van der Waals surface area contributed by atoms with E-state index in [2.05, 4.69) is 10.4 Å². The largest absolute Gasteiger partial charge is 0.475 e. The van der Waals surface area contributed by atoms with E-state index in [1.807, 2.05) is 27.1 Å². The fraction of sp³-hybridized carbons (Fsp3) is 0.750. The molecule has 0 aliphatic carbocycles. The van der Waals surface area contributed by atoms with Crippen molar-refractivity contribution in [1.29, 1.82) is 0 Å². The van der Waals surface area contributed by atoms with E-state index < -0.39 is 0 Å². The Balaban J connectivity index is 1.78. The maximum Gasteiger partial charge on any atom is 0.211 e. The van der Waals surface area contributed by atoms with Crippen LogP contribution in [0.2, 0.25) is 0 Å². The zero-order valence-electron chi connectivity index (χ0n) is 10.8. The maximum absolute atomic E-state index is 5.85. The predicted octanol–water partition coefficient (Wildman–Crippen LogP) is 0.874. The molecule has 1 aliphatic heterocycles. The number of ether oxygens (including phenoxy) is 2. The first-order valence-electron chi connectivity index (χ1n) is 6.12. The highest BCUT2D eigenvalue weighted by atomic mass is 16.5. The lowest BCUT2D eigenvalue weighted by Crippen LogP contribution is -2.26. The molecule has 96 valence electrons. The Morgan fingerprint density at radius 2 is 2.29 bits per heavy atom. The van der Waals surface area contributed by atoms with E-state index in [1.165, 1.54) is 0 Å². The molecule has 2 unspecified atom stereocenters. The number of hydrogen-bond donors (Lipinski definition) is 1. The fourth-order valence-corrected chi connectivity index (χ4v) is 2.18. The highest BCUT2D eigenvalue weighted by Gasteiger charge is 2.25. The topological polar surface area (TPSA) is 48.3 Å². The van der Waals surface area contributed by atoms with Gasteiger partial charge in [-0.15, -0.1) is 0 Å². The SMILES string of the molecule is CNCC1CCC(COc2cc(C)nn2C)O1. The Morgan fingerprint density at radius 3 is 2.94 bits per heavy atom. The predicted molar refractivity (Wildman–Crippen MR) is 65.3 cm³/mol. The molecule has 0 amide bonds. The molecule has 0 spiro atoms. The first-order valence-corrected chi connectivity index (χ1v) is 6.12. The summed E-state index contributed by atoms with van der Waals surface area (Å²) in [4.78, 5) is 0. The smallest absolute Gasteiger partial charge is 0.211 e. The number of likely N-dealkylation sites (N-methyl/N-ethyl adjacent to an activating group) is 1. The van der Waals surface area contributed by atoms with E-state index in [0.717, 1.165) is 31.0 Å². The summed E-state index contributed by atoms with van der Waals surface area (Å²) >= 11 is 0. The lowest BCUT2D eigenvalue weighted by atomic mass is 10.2. The third-order valence-electron chi connectivity index (χ3n) is 3.00. The Kier molecular flexibility index (Phi) is 4.02. The summed E-state index contributed by atoms with van der Waals surface area (Å²) in [6.45, 7) is 3.49. The summed E-state index contributed by atoms with van der Waals surface area (Å²) in [7, 11) is 3.84. The van der Waals surface area contributed by atoms with Gasteiger partial charge in [0.05, 0.1) is 17.9 Å². The number of nitrogens with zero attached hydrogens (tertiary/aromatic N) is 2. The summed E-state index contributed by atoms with van der Waals surface area (Å²) in [5.41, 5.74) is 0.975. The second kappa shape index (κ2) is 5.51. The average molecular weight is 239 g/mol. The molecule has 1 aromatic rings. The molecule has 2 atom stereocenters. The summed E-state index contributed by atoms with van der Waals surface area (Å²) in [5, 5.41) is 7.38. The second-order valence-corrected chi connectivity index (χ2v) is 4.57. The maximum atomic E-state index is 5.85. The van der Waals surface area contributed by atoms with Gasteiger partial charge in [0.2, 0.25) is 5.88 Å². The molecule has 1 saturated heterocycles. The molecule has 2 rings (SSSR count). The Bertz CT molecular complexity index is 365. The third-order valence-corrected chi connectivity index (χ3v) is 3.00. The van der Waals surface area contributed by atoms with Gasteiger partial charge in [0.15, 0.2) is 0 Å². The second-order valence-electron chi connectivity index (χ2n) is 4.57. The van der Waals surface area contributed by atoms with Crippen LogP contribution in [0.3, 0.4) is 0 Å². The van der Waals surface area contributed by atoms with Crippen LogP contribution >= 0.6 is 0 Å². The summed E-state index contributed by atoms with van der Waals surface area (Å²) in [6.07, 6.45) is 2.73.